The Hall–Kier alpha value is -0.920. The molecule has 17 heavy (non-hydrogen) atoms. The van der Waals surface area contributed by atoms with Crippen molar-refractivity contribution in [1.82, 2.24) is 9.97 Å². The van der Waals surface area contributed by atoms with Gasteiger partial charge in [0.25, 0.3) is 0 Å². The first-order valence-corrected chi connectivity index (χ1v) is 6.22. The average molecular weight is 303 g/mol. The number of nitrogens with one attached hydrogen (secondary N) is 2. The minimum absolute atomic E-state index is 0.0728. The van der Waals surface area contributed by atoms with Gasteiger partial charge in [-0.3, -0.25) is 0 Å². The number of anilines is 2. The van der Waals surface area contributed by atoms with Gasteiger partial charge in [0.2, 0.25) is 5.95 Å². The van der Waals surface area contributed by atoms with Crippen molar-refractivity contribution in [2.45, 2.75) is 6.10 Å². The molecule has 1 saturated heterocycles. The molecule has 0 aromatic carbocycles. The second-order valence-electron chi connectivity index (χ2n) is 3.59. The van der Waals surface area contributed by atoms with Gasteiger partial charge in [-0.05, 0) is 15.9 Å². The van der Waals surface area contributed by atoms with Crippen molar-refractivity contribution >= 4 is 27.7 Å². The summed E-state index contributed by atoms with van der Waals surface area (Å²) in [5.74, 6) is 1.33. The van der Waals surface area contributed by atoms with E-state index in [9.17, 15) is 0 Å². The Bertz CT molecular complexity index is 371. The molecule has 94 valence electrons. The third-order valence-corrected chi connectivity index (χ3v) is 2.93. The molecule has 0 amide bonds. The molecular formula is C10H15BrN4O2. The van der Waals surface area contributed by atoms with Crippen molar-refractivity contribution < 1.29 is 9.47 Å². The maximum atomic E-state index is 5.53. The fraction of sp³-hybridized carbons (Fsp3) is 0.600. The third-order valence-electron chi connectivity index (χ3n) is 2.35. The maximum absolute atomic E-state index is 5.53. The summed E-state index contributed by atoms with van der Waals surface area (Å²) in [6, 6.07) is 0. The second kappa shape index (κ2) is 6.13. The minimum atomic E-state index is 0.0728. The van der Waals surface area contributed by atoms with E-state index in [-0.39, 0.29) is 6.10 Å². The van der Waals surface area contributed by atoms with Gasteiger partial charge in [0.1, 0.15) is 5.82 Å². The molecule has 1 aromatic rings. The van der Waals surface area contributed by atoms with Crippen LogP contribution in [0.5, 0.6) is 0 Å². The number of ether oxygens (including phenoxy) is 2. The standard InChI is InChI=1S/C10H15BrN4O2/c1-12-10-14-5-8(11)9(15-10)13-4-7-6-16-2-3-17-7/h5,7H,2-4,6H2,1H3,(H2,12,13,14,15). The van der Waals surface area contributed by atoms with E-state index in [1.54, 1.807) is 13.2 Å². The largest absolute Gasteiger partial charge is 0.376 e. The Morgan fingerprint density at radius 1 is 1.53 bits per heavy atom. The first kappa shape index (κ1) is 12.5. The normalized spacial score (nSPS) is 20.0. The van der Waals surface area contributed by atoms with Crippen molar-refractivity contribution in [3.8, 4) is 0 Å². The van der Waals surface area contributed by atoms with E-state index in [2.05, 4.69) is 36.5 Å². The zero-order chi connectivity index (χ0) is 12.1. The third kappa shape index (κ3) is 3.52. The second-order valence-corrected chi connectivity index (χ2v) is 4.44. The lowest BCUT2D eigenvalue weighted by Gasteiger charge is -2.23. The molecule has 2 rings (SSSR count). The zero-order valence-corrected chi connectivity index (χ0v) is 11.2. The average Bonchev–Trinajstić information content (AvgIpc) is 2.39. The van der Waals surface area contributed by atoms with E-state index < -0.39 is 0 Å². The van der Waals surface area contributed by atoms with Crippen LogP contribution in [0.4, 0.5) is 11.8 Å². The minimum Gasteiger partial charge on any atom is -0.376 e. The van der Waals surface area contributed by atoms with Crippen LogP contribution >= 0.6 is 15.9 Å². The molecule has 1 atom stereocenters. The summed E-state index contributed by atoms with van der Waals surface area (Å²) in [6.45, 7) is 2.62. The highest BCUT2D eigenvalue weighted by molar-refractivity contribution is 9.10. The van der Waals surface area contributed by atoms with Crippen LogP contribution in [0.1, 0.15) is 0 Å². The van der Waals surface area contributed by atoms with Crippen LogP contribution in [-0.4, -0.2) is 49.5 Å². The van der Waals surface area contributed by atoms with E-state index >= 15 is 0 Å². The van der Waals surface area contributed by atoms with Crippen LogP contribution in [0.15, 0.2) is 10.7 Å². The monoisotopic (exact) mass is 302 g/mol. The molecule has 1 unspecified atom stereocenters. The molecule has 2 N–H and O–H groups in total. The van der Waals surface area contributed by atoms with Crippen LogP contribution < -0.4 is 10.6 Å². The van der Waals surface area contributed by atoms with Crippen LogP contribution in [0, 0.1) is 0 Å². The molecular weight excluding hydrogens is 288 g/mol. The molecule has 1 aromatic heterocycles. The Morgan fingerprint density at radius 3 is 3.12 bits per heavy atom. The van der Waals surface area contributed by atoms with Crippen molar-refractivity contribution in [1.29, 1.82) is 0 Å². The van der Waals surface area contributed by atoms with E-state index in [1.807, 2.05) is 0 Å². The molecule has 7 heteroatoms. The summed E-state index contributed by atoms with van der Waals surface area (Å²) in [4.78, 5) is 8.39. The Balaban J connectivity index is 1.92. The van der Waals surface area contributed by atoms with Gasteiger partial charge in [-0.1, -0.05) is 0 Å². The maximum Gasteiger partial charge on any atom is 0.224 e. The van der Waals surface area contributed by atoms with Crippen LogP contribution in [-0.2, 0) is 9.47 Å². The quantitative estimate of drug-likeness (QED) is 0.868. The zero-order valence-electron chi connectivity index (χ0n) is 9.57. The summed E-state index contributed by atoms with van der Waals surface area (Å²) in [6.07, 6.45) is 1.78. The smallest absolute Gasteiger partial charge is 0.224 e. The highest BCUT2D eigenvalue weighted by Gasteiger charge is 2.14. The first-order chi connectivity index (χ1) is 8.29. The van der Waals surface area contributed by atoms with Crippen LogP contribution in [0.2, 0.25) is 0 Å². The van der Waals surface area contributed by atoms with E-state index in [0.29, 0.717) is 32.3 Å². The molecule has 0 saturated carbocycles. The fourth-order valence-electron chi connectivity index (χ4n) is 1.48. The lowest BCUT2D eigenvalue weighted by Crippen LogP contribution is -2.34. The predicted molar refractivity (Wildman–Crippen MR) is 68.3 cm³/mol. The number of rotatable bonds is 4. The summed E-state index contributed by atoms with van der Waals surface area (Å²) < 4.78 is 11.7. The van der Waals surface area contributed by atoms with Crippen molar-refractivity contribution in [3.05, 3.63) is 10.7 Å². The number of halogens is 1. The van der Waals surface area contributed by atoms with Gasteiger partial charge < -0.3 is 20.1 Å². The molecule has 2 heterocycles. The topological polar surface area (TPSA) is 68.3 Å². The van der Waals surface area contributed by atoms with Gasteiger partial charge in [0.15, 0.2) is 0 Å². The molecule has 0 spiro atoms. The summed E-state index contributed by atoms with van der Waals surface area (Å²) >= 11 is 3.40. The first-order valence-electron chi connectivity index (χ1n) is 5.43. The van der Waals surface area contributed by atoms with Gasteiger partial charge in [-0.25, -0.2) is 4.98 Å². The Morgan fingerprint density at radius 2 is 2.41 bits per heavy atom. The van der Waals surface area contributed by atoms with E-state index in [4.69, 9.17) is 9.47 Å². The molecule has 1 fully saturated rings. The van der Waals surface area contributed by atoms with Crippen molar-refractivity contribution in [2.24, 2.45) is 0 Å². The van der Waals surface area contributed by atoms with Crippen molar-refractivity contribution in [2.75, 3.05) is 44.0 Å². The molecule has 1 aliphatic heterocycles. The number of nitrogens with zero attached hydrogens (tertiary/aromatic N) is 2. The van der Waals surface area contributed by atoms with Gasteiger partial charge in [-0.2, -0.15) is 4.98 Å². The Kier molecular flexibility index (Phi) is 4.52. The van der Waals surface area contributed by atoms with Gasteiger partial charge in [0.05, 0.1) is 30.4 Å². The van der Waals surface area contributed by atoms with Crippen LogP contribution in [0.25, 0.3) is 0 Å². The number of hydrogen-bond acceptors (Lipinski definition) is 6. The lowest BCUT2D eigenvalue weighted by molar-refractivity contribution is -0.0819. The van der Waals surface area contributed by atoms with Gasteiger partial charge in [0, 0.05) is 19.8 Å². The summed E-state index contributed by atoms with van der Waals surface area (Å²) in [7, 11) is 1.78. The molecule has 0 bridgehead atoms. The SMILES string of the molecule is CNc1ncc(Br)c(NCC2COCCO2)n1. The van der Waals surface area contributed by atoms with Gasteiger partial charge in [-0.15, -0.1) is 0 Å². The van der Waals surface area contributed by atoms with Gasteiger partial charge >= 0.3 is 0 Å². The highest BCUT2D eigenvalue weighted by Crippen LogP contribution is 2.20. The summed E-state index contributed by atoms with van der Waals surface area (Å²) in [5, 5.41) is 6.11. The highest BCUT2D eigenvalue weighted by atomic mass is 79.9. The van der Waals surface area contributed by atoms with Crippen LogP contribution in [0.3, 0.4) is 0 Å². The van der Waals surface area contributed by atoms with Crippen molar-refractivity contribution in [3.63, 3.8) is 0 Å². The molecule has 0 aliphatic carbocycles. The number of aromatic nitrogens is 2. The number of hydrogen-bond donors (Lipinski definition) is 2. The van der Waals surface area contributed by atoms with E-state index in [0.717, 1.165) is 10.3 Å². The molecule has 0 radical (unpaired) electrons. The molecule has 1 aliphatic rings. The fourth-order valence-corrected chi connectivity index (χ4v) is 1.81. The van der Waals surface area contributed by atoms with E-state index in [1.165, 1.54) is 0 Å². The molecule has 6 nitrogen and oxygen atoms in total. The predicted octanol–water partition coefficient (Wildman–Crippen LogP) is 1.11. The lowest BCUT2D eigenvalue weighted by atomic mass is 10.3. The Labute approximate surface area is 108 Å². The summed E-state index contributed by atoms with van der Waals surface area (Å²) in [5.41, 5.74) is 0.